The van der Waals surface area contributed by atoms with Crippen LogP contribution in [0.3, 0.4) is 0 Å². The summed E-state index contributed by atoms with van der Waals surface area (Å²) in [5, 5.41) is 18.7. The molecule has 0 atom stereocenters. The van der Waals surface area contributed by atoms with Crippen LogP contribution in [0.2, 0.25) is 0 Å². The molecular formula is C27H22N6O. The van der Waals surface area contributed by atoms with Gasteiger partial charge in [0.25, 0.3) is 5.91 Å². The molecule has 2 heterocycles. The number of aromatic nitrogens is 1. The van der Waals surface area contributed by atoms with Crippen molar-refractivity contribution in [1.29, 1.82) is 5.41 Å². The monoisotopic (exact) mass is 446 g/mol. The van der Waals surface area contributed by atoms with E-state index in [1.165, 1.54) is 0 Å². The number of hydrogen-bond acceptors (Lipinski definition) is 5. The predicted octanol–water partition coefficient (Wildman–Crippen LogP) is 4.98. The zero-order valence-electron chi connectivity index (χ0n) is 18.2. The van der Waals surface area contributed by atoms with Crippen molar-refractivity contribution in [2.75, 3.05) is 10.6 Å². The highest BCUT2D eigenvalue weighted by molar-refractivity contribution is 6.52. The Morgan fingerprint density at radius 2 is 1.71 bits per heavy atom. The fraction of sp³-hybridized carbons (Fsp3) is 0. The molecule has 0 fully saturated rings. The molecule has 3 aromatic carbocycles. The molecule has 4 aromatic rings. The number of H-pyrrole nitrogens is 1. The van der Waals surface area contributed by atoms with Gasteiger partial charge in [0, 0.05) is 40.0 Å². The Kier molecular flexibility index (Phi) is 5.50. The fourth-order valence-electron chi connectivity index (χ4n) is 3.94. The van der Waals surface area contributed by atoms with E-state index in [0.29, 0.717) is 11.3 Å². The lowest BCUT2D eigenvalue weighted by Gasteiger charge is -2.12. The Balaban J connectivity index is 1.39. The second-order valence-electron chi connectivity index (χ2n) is 7.82. The van der Waals surface area contributed by atoms with Crippen molar-refractivity contribution in [2.45, 2.75) is 0 Å². The minimum atomic E-state index is -0.132. The first-order valence-electron chi connectivity index (χ1n) is 10.7. The van der Waals surface area contributed by atoms with Gasteiger partial charge in [0.1, 0.15) is 5.71 Å². The second-order valence-corrected chi connectivity index (χ2v) is 7.82. The van der Waals surface area contributed by atoms with Crippen LogP contribution in [0.25, 0.3) is 11.6 Å². The lowest BCUT2D eigenvalue weighted by molar-refractivity contribution is -0.110. The summed E-state index contributed by atoms with van der Waals surface area (Å²) >= 11 is 0. The maximum atomic E-state index is 12.5. The van der Waals surface area contributed by atoms with E-state index >= 15 is 0 Å². The van der Waals surface area contributed by atoms with Crippen molar-refractivity contribution in [2.24, 2.45) is 10.9 Å². The van der Waals surface area contributed by atoms with E-state index in [4.69, 9.17) is 11.3 Å². The lowest BCUT2D eigenvalue weighted by Crippen LogP contribution is -2.18. The summed E-state index contributed by atoms with van der Waals surface area (Å²) < 4.78 is 0. The number of amides is 1. The third kappa shape index (κ3) is 4.10. The number of benzene rings is 3. The van der Waals surface area contributed by atoms with Crippen LogP contribution in [-0.2, 0) is 4.79 Å². The minimum absolute atomic E-state index is 0.132. The number of anilines is 3. The number of fused-ring (bicyclic) bond motifs is 1. The molecule has 0 bridgehead atoms. The van der Waals surface area contributed by atoms with Crippen LogP contribution in [0.5, 0.6) is 0 Å². The average Bonchev–Trinajstić information content (AvgIpc) is 3.48. The van der Waals surface area contributed by atoms with Gasteiger partial charge in [-0.3, -0.25) is 10.2 Å². The number of aromatic amines is 1. The summed E-state index contributed by atoms with van der Waals surface area (Å²) in [5.41, 5.74) is 6.84. The van der Waals surface area contributed by atoms with E-state index in [9.17, 15) is 4.79 Å². The van der Waals surface area contributed by atoms with E-state index in [-0.39, 0.29) is 11.6 Å². The van der Waals surface area contributed by atoms with Crippen molar-refractivity contribution in [3.63, 3.8) is 0 Å². The van der Waals surface area contributed by atoms with Gasteiger partial charge in [-0.15, -0.1) is 0 Å². The number of hydrogen-bond donors (Lipinski definition) is 5. The van der Waals surface area contributed by atoms with Crippen molar-refractivity contribution in [3.8, 4) is 0 Å². The quantitative estimate of drug-likeness (QED) is 0.124. The number of hydrazone groups is 1. The first-order valence-corrected chi connectivity index (χ1v) is 10.7. The lowest BCUT2D eigenvalue weighted by atomic mass is 9.99. The van der Waals surface area contributed by atoms with E-state index in [1.807, 2.05) is 97.2 Å². The molecule has 0 radical (unpaired) electrons. The van der Waals surface area contributed by atoms with E-state index in [0.717, 1.165) is 39.4 Å². The standard InChI is InChI=1S/C27H22N6O/c28-25(17-6-2-1-3-7-17)26(33-29)18-8-4-9-20(14-18)31-21-11-12-22-23(15-19-10-5-13-30-19)27(34)32-24(22)16-21/h1-16,28,30-31H,29H2,(H,32,34)/b23-15-,28-25?,33-26-. The topological polar surface area (TPSA) is 119 Å². The first-order chi connectivity index (χ1) is 16.6. The normalized spacial score (nSPS) is 14.1. The minimum Gasteiger partial charge on any atom is -0.362 e. The van der Waals surface area contributed by atoms with Gasteiger partial charge in [0.15, 0.2) is 0 Å². The third-order valence-corrected chi connectivity index (χ3v) is 5.58. The SMILES string of the molecule is N=C(/C(=N\N)c1cccc(Nc2ccc3c(c2)NC(=O)/C3=C\c2ccc[nH]2)c1)c1ccccc1. The Hall–Kier alpha value is -4.91. The van der Waals surface area contributed by atoms with Crippen LogP contribution in [0.1, 0.15) is 22.4 Å². The summed E-state index contributed by atoms with van der Waals surface area (Å²) in [4.78, 5) is 15.6. The number of nitrogens with two attached hydrogens (primary N) is 1. The van der Waals surface area contributed by atoms with Gasteiger partial charge in [-0.25, -0.2) is 0 Å². The van der Waals surface area contributed by atoms with E-state index < -0.39 is 0 Å². The number of nitrogens with zero attached hydrogens (tertiary/aromatic N) is 1. The molecule has 0 saturated heterocycles. The largest absolute Gasteiger partial charge is 0.362 e. The van der Waals surface area contributed by atoms with E-state index in [2.05, 4.69) is 20.7 Å². The number of rotatable bonds is 6. The molecule has 34 heavy (non-hydrogen) atoms. The maximum Gasteiger partial charge on any atom is 0.256 e. The van der Waals surface area contributed by atoms with E-state index in [1.54, 1.807) is 0 Å². The zero-order valence-corrected chi connectivity index (χ0v) is 18.2. The highest BCUT2D eigenvalue weighted by atomic mass is 16.2. The van der Waals surface area contributed by atoms with Crippen LogP contribution in [-0.4, -0.2) is 22.3 Å². The summed E-state index contributed by atoms with van der Waals surface area (Å²) in [5.74, 6) is 5.53. The molecule has 0 saturated carbocycles. The van der Waals surface area contributed by atoms with Crippen molar-refractivity contribution in [1.82, 2.24) is 4.98 Å². The fourth-order valence-corrected chi connectivity index (χ4v) is 3.94. The number of nitrogens with one attached hydrogen (secondary N) is 4. The average molecular weight is 447 g/mol. The second kappa shape index (κ2) is 8.91. The Morgan fingerprint density at radius 3 is 2.47 bits per heavy atom. The molecule has 0 unspecified atom stereocenters. The molecule has 166 valence electrons. The van der Waals surface area contributed by atoms with Gasteiger partial charge in [-0.05, 0) is 42.5 Å². The molecule has 1 aliphatic heterocycles. The van der Waals surface area contributed by atoms with Crippen molar-refractivity contribution < 1.29 is 4.79 Å². The van der Waals surface area contributed by atoms with Gasteiger partial charge in [0.05, 0.1) is 17.0 Å². The molecule has 1 amide bonds. The Morgan fingerprint density at radius 1 is 0.912 bits per heavy atom. The van der Waals surface area contributed by atoms with Gasteiger partial charge in [-0.1, -0.05) is 48.5 Å². The van der Waals surface area contributed by atoms with Crippen LogP contribution >= 0.6 is 0 Å². The highest BCUT2D eigenvalue weighted by Crippen LogP contribution is 2.35. The number of carbonyl (C=O) groups is 1. The molecule has 0 aliphatic carbocycles. The van der Waals surface area contributed by atoms with Gasteiger partial charge in [0.2, 0.25) is 0 Å². The van der Waals surface area contributed by atoms with Crippen LogP contribution in [0.15, 0.2) is 96.2 Å². The zero-order chi connectivity index (χ0) is 23.5. The molecular weight excluding hydrogens is 424 g/mol. The Bertz CT molecular complexity index is 1440. The summed E-state index contributed by atoms with van der Waals surface area (Å²) in [6.07, 6.45) is 3.66. The summed E-state index contributed by atoms with van der Waals surface area (Å²) in [6.45, 7) is 0. The molecule has 1 aromatic heterocycles. The molecule has 1 aliphatic rings. The molecule has 7 heteroatoms. The molecule has 5 rings (SSSR count). The maximum absolute atomic E-state index is 12.5. The van der Waals surface area contributed by atoms with Crippen molar-refractivity contribution >= 4 is 46.0 Å². The van der Waals surface area contributed by atoms with Crippen LogP contribution in [0, 0.1) is 5.41 Å². The molecule has 0 spiro atoms. The van der Waals surface area contributed by atoms with Gasteiger partial charge >= 0.3 is 0 Å². The van der Waals surface area contributed by atoms with Gasteiger partial charge in [-0.2, -0.15) is 5.10 Å². The smallest absolute Gasteiger partial charge is 0.256 e. The first kappa shape index (κ1) is 21.0. The molecule has 6 N–H and O–H groups in total. The van der Waals surface area contributed by atoms with Crippen molar-refractivity contribution in [3.05, 3.63) is 114 Å². The summed E-state index contributed by atoms with van der Waals surface area (Å²) in [7, 11) is 0. The molecule has 7 nitrogen and oxygen atoms in total. The number of carbonyl (C=O) groups excluding carboxylic acids is 1. The predicted molar refractivity (Wildman–Crippen MR) is 137 cm³/mol. The van der Waals surface area contributed by atoms with Crippen LogP contribution in [0.4, 0.5) is 17.1 Å². The highest BCUT2D eigenvalue weighted by Gasteiger charge is 2.24. The summed E-state index contributed by atoms with van der Waals surface area (Å²) in [6, 6.07) is 26.5. The van der Waals surface area contributed by atoms with Gasteiger partial charge < -0.3 is 21.5 Å². The third-order valence-electron chi connectivity index (χ3n) is 5.58. The Labute approximate surface area is 196 Å². The van der Waals surface area contributed by atoms with Crippen LogP contribution < -0.4 is 16.5 Å².